The van der Waals surface area contributed by atoms with Crippen LogP contribution in [0.15, 0.2) is 0 Å². The number of rotatable bonds is 0. The lowest BCUT2D eigenvalue weighted by molar-refractivity contribution is 0.191. The molecule has 11 heavy (non-hydrogen) atoms. The van der Waals surface area contributed by atoms with Crippen molar-refractivity contribution in [2.24, 2.45) is 5.41 Å². The molecule has 1 fully saturated rings. The van der Waals surface area contributed by atoms with Crippen molar-refractivity contribution in [2.45, 2.75) is 50.8 Å². The van der Waals surface area contributed by atoms with Crippen LogP contribution in [0.1, 0.15) is 46.5 Å². The molecule has 68 valence electrons. The van der Waals surface area contributed by atoms with Gasteiger partial charge in [-0.2, -0.15) is 9.90 Å². The van der Waals surface area contributed by atoms with E-state index in [0.29, 0.717) is 9.74 Å². The van der Waals surface area contributed by atoms with Gasteiger partial charge in [-0.15, -0.1) is 0 Å². The van der Waals surface area contributed by atoms with E-state index in [2.05, 4.69) is 36.7 Å². The number of halogens is 1. The molecule has 0 saturated heterocycles. The Morgan fingerprint density at radius 1 is 1.00 bits per heavy atom. The molecule has 1 aliphatic carbocycles. The molecule has 0 aromatic rings. The van der Waals surface area contributed by atoms with Crippen LogP contribution >= 0.6 is 25.8 Å². The van der Waals surface area contributed by atoms with E-state index in [1.54, 1.807) is 0 Å². The second-order valence-corrected chi connectivity index (χ2v) is 6.04. The maximum Gasteiger partial charge on any atom is 0.0280 e. The molecule has 0 N–H and O–H groups in total. The largest absolute Gasteiger partial charge is 0.153 e. The summed E-state index contributed by atoms with van der Waals surface area (Å²) < 4.78 is 0.387. The third-order valence-corrected chi connectivity index (χ3v) is 4.58. The van der Waals surface area contributed by atoms with Gasteiger partial charge in [0, 0.05) is 4.32 Å². The highest BCUT2D eigenvalue weighted by Gasteiger charge is 2.40. The van der Waals surface area contributed by atoms with E-state index in [1.807, 2.05) is 0 Å². The Bertz CT molecular complexity index is 114. The summed E-state index contributed by atoms with van der Waals surface area (Å²) in [5, 5.41) is 0. The Labute approximate surface area is 82.3 Å². The van der Waals surface area contributed by atoms with Crippen LogP contribution in [0.25, 0.3) is 0 Å². The van der Waals surface area contributed by atoms with Gasteiger partial charge in [0.15, 0.2) is 0 Å². The van der Waals surface area contributed by atoms with Crippen LogP contribution in [0.5, 0.6) is 0 Å². The van der Waals surface area contributed by atoms with E-state index in [9.17, 15) is 0 Å². The zero-order valence-electron chi connectivity index (χ0n) is 7.91. The Morgan fingerprint density at radius 2 is 1.45 bits per heavy atom. The van der Waals surface area contributed by atoms with Crippen molar-refractivity contribution in [1.82, 2.24) is 0 Å². The van der Waals surface area contributed by atoms with Crippen molar-refractivity contribution in [1.29, 1.82) is 0 Å². The van der Waals surface area contributed by atoms with Crippen molar-refractivity contribution in [2.75, 3.05) is 0 Å². The summed E-state index contributed by atoms with van der Waals surface area (Å²) in [4.78, 5) is 0. The zero-order valence-corrected chi connectivity index (χ0v) is 10.9. The van der Waals surface area contributed by atoms with Gasteiger partial charge in [0.05, 0.1) is 0 Å². The summed E-state index contributed by atoms with van der Waals surface area (Å²) in [6, 6.07) is 0. The first-order valence-corrected chi connectivity index (χ1v) is 4.94. The SMILES string of the molecule is CC1(C)CCCCC1(C)Br.P. The first-order valence-electron chi connectivity index (χ1n) is 4.15. The van der Waals surface area contributed by atoms with Crippen LogP contribution in [0.4, 0.5) is 0 Å². The summed E-state index contributed by atoms with van der Waals surface area (Å²) in [5.41, 5.74) is 0.491. The van der Waals surface area contributed by atoms with Crippen LogP contribution in [-0.4, -0.2) is 4.32 Å². The maximum absolute atomic E-state index is 3.81. The van der Waals surface area contributed by atoms with Crippen molar-refractivity contribution in [3.63, 3.8) is 0 Å². The monoisotopic (exact) mass is 238 g/mol. The molecular weight excluding hydrogens is 219 g/mol. The Balaban J connectivity index is 0.000001000. The first kappa shape index (κ1) is 11.9. The molecule has 1 rings (SSSR count). The molecule has 0 bridgehead atoms. The lowest BCUT2D eigenvalue weighted by Crippen LogP contribution is -2.38. The van der Waals surface area contributed by atoms with E-state index < -0.39 is 0 Å². The molecule has 0 radical (unpaired) electrons. The van der Waals surface area contributed by atoms with E-state index in [4.69, 9.17) is 0 Å². The highest BCUT2D eigenvalue weighted by Crippen LogP contribution is 2.48. The first-order chi connectivity index (χ1) is 4.46. The highest BCUT2D eigenvalue weighted by molar-refractivity contribution is 9.10. The maximum atomic E-state index is 3.81. The minimum Gasteiger partial charge on any atom is -0.153 e. The summed E-state index contributed by atoms with van der Waals surface area (Å²) in [7, 11) is 0. The van der Waals surface area contributed by atoms with Crippen molar-refractivity contribution in [3.05, 3.63) is 0 Å². The lowest BCUT2D eigenvalue weighted by Gasteiger charge is -2.44. The zero-order chi connectivity index (χ0) is 7.83. The standard InChI is InChI=1S/C9H17Br.H3P/c1-8(2)6-4-5-7-9(8,3)10;/h4-7H2,1-3H3;1H3. The fourth-order valence-electron chi connectivity index (χ4n) is 1.62. The Kier molecular flexibility index (Phi) is 4.06. The summed E-state index contributed by atoms with van der Waals surface area (Å²) in [6.07, 6.45) is 5.51. The van der Waals surface area contributed by atoms with Crippen LogP contribution in [0.3, 0.4) is 0 Å². The number of hydrogen-bond acceptors (Lipinski definition) is 0. The van der Waals surface area contributed by atoms with Crippen LogP contribution < -0.4 is 0 Å². The molecule has 0 aromatic heterocycles. The van der Waals surface area contributed by atoms with E-state index in [0.717, 1.165) is 0 Å². The minimum absolute atomic E-state index is 0. The van der Waals surface area contributed by atoms with Gasteiger partial charge in [-0.1, -0.05) is 42.6 Å². The summed E-state index contributed by atoms with van der Waals surface area (Å²) in [6.45, 7) is 7.05. The van der Waals surface area contributed by atoms with Crippen LogP contribution in [0, 0.1) is 5.41 Å². The molecule has 1 aliphatic rings. The molecular formula is C9H20BrP. The van der Waals surface area contributed by atoms with E-state index >= 15 is 0 Å². The molecule has 0 spiro atoms. The fourth-order valence-corrected chi connectivity index (χ4v) is 2.10. The third kappa shape index (κ3) is 2.42. The van der Waals surface area contributed by atoms with Gasteiger partial charge in [-0.25, -0.2) is 0 Å². The predicted octanol–water partition coefficient (Wildman–Crippen LogP) is 3.80. The topological polar surface area (TPSA) is 0 Å². The molecule has 2 atom stereocenters. The summed E-state index contributed by atoms with van der Waals surface area (Å²) in [5.74, 6) is 0. The van der Waals surface area contributed by atoms with Gasteiger partial charge in [-0.3, -0.25) is 0 Å². The van der Waals surface area contributed by atoms with Crippen molar-refractivity contribution in [3.8, 4) is 0 Å². The molecule has 0 amide bonds. The minimum atomic E-state index is 0. The van der Waals surface area contributed by atoms with Gasteiger partial charge in [0.2, 0.25) is 0 Å². The lowest BCUT2D eigenvalue weighted by atomic mass is 9.70. The van der Waals surface area contributed by atoms with Crippen molar-refractivity contribution < 1.29 is 0 Å². The van der Waals surface area contributed by atoms with Gasteiger partial charge in [0.25, 0.3) is 0 Å². The van der Waals surface area contributed by atoms with Crippen LogP contribution in [-0.2, 0) is 0 Å². The van der Waals surface area contributed by atoms with Gasteiger partial charge < -0.3 is 0 Å². The second kappa shape index (κ2) is 3.75. The average molecular weight is 239 g/mol. The Morgan fingerprint density at radius 3 is 1.73 bits per heavy atom. The molecule has 2 heteroatoms. The fraction of sp³-hybridized carbons (Fsp3) is 1.00. The smallest absolute Gasteiger partial charge is 0.0280 e. The predicted molar refractivity (Wildman–Crippen MR) is 60.7 cm³/mol. The summed E-state index contributed by atoms with van der Waals surface area (Å²) >= 11 is 3.81. The molecule has 0 heterocycles. The average Bonchev–Trinajstić information content (AvgIpc) is 1.77. The molecule has 2 unspecified atom stereocenters. The third-order valence-electron chi connectivity index (χ3n) is 3.11. The van der Waals surface area contributed by atoms with Crippen molar-refractivity contribution >= 4 is 25.8 Å². The molecule has 1 saturated carbocycles. The highest BCUT2D eigenvalue weighted by atomic mass is 79.9. The van der Waals surface area contributed by atoms with E-state index in [1.165, 1.54) is 25.7 Å². The van der Waals surface area contributed by atoms with Gasteiger partial charge in [0.1, 0.15) is 0 Å². The second-order valence-electron chi connectivity index (χ2n) is 4.29. The number of alkyl halides is 1. The Hall–Kier alpha value is 0.910. The molecule has 0 aliphatic heterocycles. The quantitative estimate of drug-likeness (QED) is 0.445. The normalized spacial score (nSPS) is 36.0. The van der Waals surface area contributed by atoms with Gasteiger partial charge in [-0.05, 0) is 25.2 Å². The van der Waals surface area contributed by atoms with E-state index in [-0.39, 0.29) is 9.90 Å². The van der Waals surface area contributed by atoms with Crippen LogP contribution in [0.2, 0.25) is 0 Å². The molecule has 0 aromatic carbocycles. The number of hydrogen-bond donors (Lipinski definition) is 0. The molecule has 0 nitrogen and oxygen atoms in total. The van der Waals surface area contributed by atoms with Gasteiger partial charge >= 0.3 is 0 Å².